The Hall–Kier alpha value is -0.350. The zero-order chi connectivity index (χ0) is 12.7. The molecular formula is C16H27P. The van der Waals surface area contributed by atoms with Gasteiger partial charge in [0.15, 0.2) is 0 Å². The molecule has 1 rings (SSSR count). The SMILES string of the molecule is CCCCCC(CC)Pc1cccc(C)c1C. The van der Waals surface area contributed by atoms with Crippen LogP contribution in [0.5, 0.6) is 0 Å². The summed E-state index contributed by atoms with van der Waals surface area (Å²) in [6, 6.07) is 6.76. The second-order valence-electron chi connectivity index (χ2n) is 4.99. The fraction of sp³-hybridized carbons (Fsp3) is 0.625. The molecule has 1 aromatic rings. The Morgan fingerprint density at radius 1 is 1.12 bits per heavy atom. The number of hydrogen-bond donors (Lipinski definition) is 0. The summed E-state index contributed by atoms with van der Waals surface area (Å²) in [6.45, 7) is 9.13. The summed E-state index contributed by atoms with van der Waals surface area (Å²) in [5.41, 5.74) is 3.86. The third-order valence-corrected chi connectivity index (χ3v) is 5.57. The van der Waals surface area contributed by atoms with Crippen LogP contribution in [0.1, 0.15) is 57.1 Å². The molecule has 17 heavy (non-hydrogen) atoms. The van der Waals surface area contributed by atoms with Crippen LogP contribution >= 0.6 is 8.58 Å². The van der Waals surface area contributed by atoms with Crippen molar-refractivity contribution >= 4 is 13.9 Å². The van der Waals surface area contributed by atoms with Crippen LogP contribution < -0.4 is 5.30 Å². The largest absolute Gasteiger partial charge is 0.0869 e. The van der Waals surface area contributed by atoms with Crippen molar-refractivity contribution in [3.8, 4) is 0 Å². The molecule has 0 bridgehead atoms. The van der Waals surface area contributed by atoms with E-state index in [0.29, 0.717) is 0 Å². The maximum absolute atomic E-state index is 2.34. The molecule has 0 aromatic heterocycles. The summed E-state index contributed by atoms with van der Waals surface area (Å²) in [4.78, 5) is 0. The minimum Gasteiger partial charge on any atom is -0.0869 e. The van der Waals surface area contributed by atoms with Crippen LogP contribution in [0, 0.1) is 13.8 Å². The predicted octanol–water partition coefficient (Wildman–Crippen LogP) is 4.97. The van der Waals surface area contributed by atoms with Gasteiger partial charge in [0.05, 0.1) is 0 Å². The van der Waals surface area contributed by atoms with Gasteiger partial charge in [0.2, 0.25) is 0 Å². The fourth-order valence-corrected chi connectivity index (χ4v) is 3.75. The van der Waals surface area contributed by atoms with Crippen LogP contribution in [0.4, 0.5) is 0 Å². The maximum atomic E-state index is 2.34. The van der Waals surface area contributed by atoms with Gasteiger partial charge < -0.3 is 0 Å². The number of rotatable bonds is 7. The van der Waals surface area contributed by atoms with Gasteiger partial charge >= 0.3 is 0 Å². The number of unbranched alkanes of at least 4 members (excludes halogenated alkanes) is 2. The minimum absolute atomic E-state index is 0.905. The Morgan fingerprint density at radius 2 is 1.88 bits per heavy atom. The lowest BCUT2D eigenvalue weighted by Gasteiger charge is -2.17. The van der Waals surface area contributed by atoms with Gasteiger partial charge in [0.25, 0.3) is 0 Å². The highest BCUT2D eigenvalue weighted by Gasteiger charge is 2.09. The van der Waals surface area contributed by atoms with Gasteiger partial charge in [-0.3, -0.25) is 0 Å². The average molecular weight is 250 g/mol. The fourth-order valence-electron chi connectivity index (χ4n) is 2.15. The summed E-state index contributed by atoms with van der Waals surface area (Å²) in [6.07, 6.45) is 6.88. The smallest absolute Gasteiger partial charge is 0.0199 e. The van der Waals surface area contributed by atoms with Crippen molar-refractivity contribution in [3.05, 3.63) is 29.3 Å². The minimum atomic E-state index is 0.905. The molecule has 96 valence electrons. The van der Waals surface area contributed by atoms with Crippen LogP contribution in [0.25, 0.3) is 0 Å². The Bertz CT molecular complexity index is 330. The molecule has 2 unspecified atom stereocenters. The highest BCUT2D eigenvalue weighted by atomic mass is 31.1. The Labute approximate surface area is 109 Å². The van der Waals surface area contributed by atoms with E-state index < -0.39 is 0 Å². The molecule has 1 aromatic carbocycles. The lowest BCUT2D eigenvalue weighted by molar-refractivity contribution is 0.634. The van der Waals surface area contributed by atoms with Gasteiger partial charge in [-0.1, -0.05) is 59.9 Å². The molecule has 0 aliphatic heterocycles. The van der Waals surface area contributed by atoms with E-state index in [1.807, 2.05) is 0 Å². The first-order valence-electron chi connectivity index (χ1n) is 7.01. The van der Waals surface area contributed by atoms with Crippen LogP contribution in [0.2, 0.25) is 0 Å². The molecule has 0 amide bonds. The first kappa shape index (κ1) is 14.7. The monoisotopic (exact) mass is 250 g/mol. The van der Waals surface area contributed by atoms with Crippen molar-refractivity contribution in [1.29, 1.82) is 0 Å². The molecule has 0 N–H and O–H groups in total. The van der Waals surface area contributed by atoms with Crippen LogP contribution in [-0.4, -0.2) is 5.66 Å². The van der Waals surface area contributed by atoms with Crippen molar-refractivity contribution in [3.63, 3.8) is 0 Å². The van der Waals surface area contributed by atoms with Crippen molar-refractivity contribution in [2.45, 2.75) is 65.5 Å². The summed E-state index contributed by atoms with van der Waals surface area (Å²) in [5.74, 6) is 0. The van der Waals surface area contributed by atoms with Gasteiger partial charge in [-0.05, 0) is 48.8 Å². The number of hydrogen-bond acceptors (Lipinski definition) is 0. The van der Waals surface area contributed by atoms with Crippen LogP contribution in [0.15, 0.2) is 18.2 Å². The first-order chi connectivity index (χ1) is 8.19. The molecule has 0 aliphatic carbocycles. The molecule has 0 fully saturated rings. The molecule has 0 radical (unpaired) electrons. The van der Waals surface area contributed by atoms with Gasteiger partial charge in [-0.15, -0.1) is 0 Å². The van der Waals surface area contributed by atoms with Crippen LogP contribution in [0.3, 0.4) is 0 Å². The third-order valence-electron chi connectivity index (χ3n) is 3.61. The average Bonchev–Trinajstić information content (AvgIpc) is 2.33. The molecule has 0 saturated heterocycles. The maximum Gasteiger partial charge on any atom is -0.0199 e. The molecular weight excluding hydrogens is 223 g/mol. The Balaban J connectivity index is 2.57. The molecule has 2 atom stereocenters. The van der Waals surface area contributed by atoms with Gasteiger partial charge in [0.1, 0.15) is 0 Å². The van der Waals surface area contributed by atoms with Gasteiger partial charge in [0, 0.05) is 0 Å². The topological polar surface area (TPSA) is 0 Å². The van der Waals surface area contributed by atoms with Gasteiger partial charge in [-0.25, -0.2) is 0 Å². The molecule has 0 heterocycles. The quantitative estimate of drug-likeness (QED) is 0.473. The third kappa shape index (κ3) is 4.80. The molecule has 0 nitrogen and oxygen atoms in total. The summed E-state index contributed by atoms with van der Waals surface area (Å²) in [5, 5.41) is 1.59. The zero-order valence-corrected chi connectivity index (χ0v) is 12.8. The van der Waals surface area contributed by atoms with Gasteiger partial charge in [-0.2, -0.15) is 0 Å². The van der Waals surface area contributed by atoms with Crippen molar-refractivity contribution in [2.24, 2.45) is 0 Å². The van der Waals surface area contributed by atoms with E-state index in [1.165, 1.54) is 43.2 Å². The summed E-state index contributed by atoms with van der Waals surface area (Å²) >= 11 is 0. The van der Waals surface area contributed by atoms with E-state index in [0.717, 1.165) is 14.2 Å². The summed E-state index contributed by atoms with van der Waals surface area (Å²) in [7, 11) is 1.00. The Kier molecular flexibility index (Phi) is 6.82. The highest BCUT2D eigenvalue weighted by Crippen LogP contribution is 2.28. The van der Waals surface area contributed by atoms with Crippen molar-refractivity contribution < 1.29 is 0 Å². The summed E-state index contributed by atoms with van der Waals surface area (Å²) < 4.78 is 0. The van der Waals surface area contributed by atoms with E-state index in [1.54, 1.807) is 5.30 Å². The second kappa shape index (κ2) is 7.88. The number of aryl methyl sites for hydroxylation is 1. The van der Waals surface area contributed by atoms with Crippen molar-refractivity contribution in [1.82, 2.24) is 0 Å². The standard InChI is InChI=1S/C16H27P/c1-5-7-8-11-15(6-2)17-16-12-9-10-13(3)14(16)4/h9-10,12,15,17H,5-8,11H2,1-4H3. The van der Waals surface area contributed by atoms with E-state index in [2.05, 4.69) is 45.9 Å². The van der Waals surface area contributed by atoms with Crippen LogP contribution in [-0.2, 0) is 0 Å². The lowest BCUT2D eigenvalue weighted by atomic mass is 10.1. The molecule has 0 spiro atoms. The molecule has 0 saturated carbocycles. The molecule has 0 aliphatic rings. The van der Waals surface area contributed by atoms with E-state index in [-0.39, 0.29) is 0 Å². The van der Waals surface area contributed by atoms with Crippen molar-refractivity contribution in [2.75, 3.05) is 0 Å². The Morgan fingerprint density at radius 3 is 2.53 bits per heavy atom. The van der Waals surface area contributed by atoms with E-state index in [9.17, 15) is 0 Å². The number of benzene rings is 1. The van der Waals surface area contributed by atoms with E-state index in [4.69, 9.17) is 0 Å². The first-order valence-corrected chi connectivity index (χ1v) is 8.09. The second-order valence-corrected chi connectivity index (χ2v) is 6.64. The lowest BCUT2D eigenvalue weighted by Crippen LogP contribution is -2.09. The van der Waals surface area contributed by atoms with E-state index >= 15 is 0 Å². The normalized spacial score (nSPS) is 13.4. The predicted molar refractivity (Wildman–Crippen MR) is 82.1 cm³/mol. The zero-order valence-electron chi connectivity index (χ0n) is 11.8. The molecule has 1 heteroatoms. The highest BCUT2D eigenvalue weighted by molar-refractivity contribution is 7.48.